The van der Waals surface area contributed by atoms with Crippen LogP contribution in [0.3, 0.4) is 0 Å². The summed E-state index contributed by atoms with van der Waals surface area (Å²) in [5.41, 5.74) is 4.03. The van der Waals surface area contributed by atoms with Crippen LogP contribution in [0.4, 0.5) is 0 Å². The Bertz CT molecular complexity index is 784. The number of benzene rings is 1. The van der Waals surface area contributed by atoms with Gasteiger partial charge >= 0.3 is 0 Å². The van der Waals surface area contributed by atoms with Crippen LogP contribution in [0.5, 0.6) is 0 Å². The third-order valence-electron chi connectivity index (χ3n) is 3.32. The molecule has 0 aliphatic rings. The number of fused-ring (bicyclic) bond motifs is 1. The van der Waals surface area contributed by atoms with Crippen LogP contribution < -0.4 is 5.56 Å². The van der Waals surface area contributed by atoms with Crippen molar-refractivity contribution in [3.63, 3.8) is 0 Å². The molecule has 4 nitrogen and oxygen atoms in total. The van der Waals surface area contributed by atoms with Crippen molar-refractivity contribution in [2.24, 2.45) is 0 Å². The first-order valence-corrected chi connectivity index (χ1v) is 6.37. The van der Waals surface area contributed by atoms with Crippen molar-refractivity contribution in [2.45, 2.75) is 20.3 Å². The predicted octanol–water partition coefficient (Wildman–Crippen LogP) is 2.56. The smallest absolute Gasteiger partial charge is 0.276 e. The van der Waals surface area contributed by atoms with Gasteiger partial charge in [0.25, 0.3) is 5.56 Å². The van der Waals surface area contributed by atoms with Crippen LogP contribution in [-0.4, -0.2) is 14.6 Å². The van der Waals surface area contributed by atoms with Gasteiger partial charge in [0, 0.05) is 22.9 Å². The van der Waals surface area contributed by atoms with E-state index in [2.05, 4.69) is 10.1 Å². The molecule has 0 atom stereocenters. The van der Waals surface area contributed by atoms with Gasteiger partial charge in [0.05, 0.1) is 5.69 Å². The lowest BCUT2D eigenvalue weighted by molar-refractivity contribution is 0.850. The zero-order valence-electron chi connectivity index (χ0n) is 11.0. The van der Waals surface area contributed by atoms with E-state index in [0.29, 0.717) is 11.2 Å². The maximum absolute atomic E-state index is 12.3. The summed E-state index contributed by atoms with van der Waals surface area (Å²) in [6.07, 6.45) is 0.850. The molecule has 0 fully saturated rings. The summed E-state index contributed by atoms with van der Waals surface area (Å²) in [6, 6.07) is 11.7. The van der Waals surface area contributed by atoms with Gasteiger partial charge in [-0.2, -0.15) is 0 Å². The van der Waals surface area contributed by atoms with Crippen molar-refractivity contribution in [1.82, 2.24) is 14.6 Å². The Balaban J connectivity index is 2.32. The highest BCUT2D eigenvalue weighted by Gasteiger charge is 2.12. The number of nitrogens with zero attached hydrogens (tertiary/aromatic N) is 2. The first-order chi connectivity index (χ1) is 9.20. The van der Waals surface area contributed by atoms with Gasteiger partial charge in [0.2, 0.25) is 0 Å². The van der Waals surface area contributed by atoms with Crippen LogP contribution in [0.2, 0.25) is 0 Å². The largest absolute Gasteiger partial charge is 0.294 e. The maximum Gasteiger partial charge on any atom is 0.276 e. The second-order valence-electron chi connectivity index (χ2n) is 4.59. The third-order valence-corrected chi connectivity index (χ3v) is 3.32. The molecule has 1 aromatic carbocycles. The van der Waals surface area contributed by atoms with Crippen molar-refractivity contribution in [2.75, 3.05) is 0 Å². The Labute approximate surface area is 110 Å². The standard InChI is InChI=1S/C15H15N3O/c1-3-12-9-13-16-14(11-7-5-4-6-8-11)10(2)15(19)18(13)17-12/h4-9,17H,3H2,1-2H3. The molecular formula is C15H15N3O. The summed E-state index contributed by atoms with van der Waals surface area (Å²) >= 11 is 0. The van der Waals surface area contributed by atoms with E-state index in [1.165, 1.54) is 4.52 Å². The van der Waals surface area contributed by atoms with Gasteiger partial charge in [0.1, 0.15) is 0 Å². The summed E-state index contributed by atoms with van der Waals surface area (Å²) in [4.78, 5) is 16.9. The molecule has 2 heterocycles. The molecule has 0 saturated heterocycles. The van der Waals surface area contributed by atoms with E-state index in [1.54, 1.807) is 0 Å². The number of nitrogens with one attached hydrogen (secondary N) is 1. The Kier molecular flexibility index (Phi) is 2.71. The molecule has 0 unspecified atom stereocenters. The molecule has 0 aliphatic carbocycles. The van der Waals surface area contributed by atoms with Crippen molar-refractivity contribution >= 4 is 5.65 Å². The number of hydrogen-bond donors (Lipinski definition) is 1. The van der Waals surface area contributed by atoms with Crippen LogP contribution in [0.25, 0.3) is 16.9 Å². The fraction of sp³-hybridized carbons (Fsp3) is 0.200. The highest BCUT2D eigenvalue weighted by molar-refractivity contribution is 5.64. The number of hydrogen-bond acceptors (Lipinski definition) is 2. The van der Waals surface area contributed by atoms with Crippen LogP contribution in [0.15, 0.2) is 41.2 Å². The van der Waals surface area contributed by atoms with Gasteiger partial charge in [-0.05, 0) is 13.3 Å². The lowest BCUT2D eigenvalue weighted by atomic mass is 10.1. The minimum Gasteiger partial charge on any atom is -0.294 e. The molecule has 96 valence electrons. The van der Waals surface area contributed by atoms with Gasteiger partial charge in [-0.3, -0.25) is 9.89 Å². The molecule has 0 aliphatic heterocycles. The number of aryl methyl sites for hydroxylation is 1. The molecule has 19 heavy (non-hydrogen) atoms. The average Bonchev–Trinajstić information content (AvgIpc) is 2.87. The zero-order chi connectivity index (χ0) is 13.4. The molecule has 3 rings (SSSR count). The lowest BCUT2D eigenvalue weighted by Gasteiger charge is -2.05. The van der Waals surface area contributed by atoms with Gasteiger partial charge in [-0.15, -0.1) is 0 Å². The van der Waals surface area contributed by atoms with E-state index in [4.69, 9.17) is 0 Å². The fourth-order valence-corrected chi connectivity index (χ4v) is 2.22. The Morgan fingerprint density at radius 2 is 2.00 bits per heavy atom. The third kappa shape index (κ3) is 1.85. The second kappa shape index (κ2) is 4.39. The summed E-state index contributed by atoms with van der Waals surface area (Å²) < 4.78 is 1.51. The van der Waals surface area contributed by atoms with Crippen LogP contribution >= 0.6 is 0 Å². The minimum absolute atomic E-state index is 0.0384. The number of rotatable bonds is 2. The van der Waals surface area contributed by atoms with Crippen molar-refractivity contribution in [3.05, 3.63) is 58.0 Å². The first kappa shape index (κ1) is 11.7. The van der Waals surface area contributed by atoms with E-state index >= 15 is 0 Å². The average molecular weight is 253 g/mol. The van der Waals surface area contributed by atoms with E-state index in [-0.39, 0.29) is 5.56 Å². The monoisotopic (exact) mass is 253 g/mol. The van der Waals surface area contributed by atoms with E-state index < -0.39 is 0 Å². The molecule has 0 saturated carbocycles. The van der Waals surface area contributed by atoms with Gasteiger partial charge in [-0.25, -0.2) is 9.50 Å². The predicted molar refractivity (Wildman–Crippen MR) is 75.4 cm³/mol. The fourth-order valence-electron chi connectivity index (χ4n) is 2.22. The van der Waals surface area contributed by atoms with Gasteiger partial charge in [-0.1, -0.05) is 37.3 Å². The van der Waals surface area contributed by atoms with E-state index in [0.717, 1.165) is 23.4 Å². The molecule has 0 spiro atoms. The summed E-state index contributed by atoms with van der Waals surface area (Å²) in [7, 11) is 0. The number of H-pyrrole nitrogens is 1. The summed E-state index contributed by atoms with van der Waals surface area (Å²) in [6.45, 7) is 3.86. The van der Waals surface area contributed by atoms with Crippen LogP contribution in [-0.2, 0) is 6.42 Å². The molecule has 0 bridgehead atoms. The maximum atomic E-state index is 12.3. The van der Waals surface area contributed by atoms with Crippen molar-refractivity contribution in [1.29, 1.82) is 0 Å². The van der Waals surface area contributed by atoms with Crippen molar-refractivity contribution < 1.29 is 0 Å². The molecule has 1 N–H and O–H groups in total. The minimum atomic E-state index is -0.0384. The van der Waals surface area contributed by atoms with Crippen LogP contribution in [0, 0.1) is 6.92 Å². The topological polar surface area (TPSA) is 50.2 Å². The number of aromatic amines is 1. The Hall–Kier alpha value is -2.36. The molecular weight excluding hydrogens is 238 g/mol. The molecule has 3 aromatic rings. The quantitative estimate of drug-likeness (QED) is 0.763. The second-order valence-corrected chi connectivity index (χ2v) is 4.59. The SMILES string of the molecule is CCc1cc2nc(-c3ccccc3)c(C)c(=O)n2[nH]1. The summed E-state index contributed by atoms with van der Waals surface area (Å²) in [5.74, 6) is 0. The van der Waals surface area contributed by atoms with E-state index in [1.807, 2.05) is 50.2 Å². The highest BCUT2D eigenvalue weighted by atomic mass is 16.1. The van der Waals surface area contributed by atoms with E-state index in [9.17, 15) is 4.79 Å². The van der Waals surface area contributed by atoms with Crippen LogP contribution in [0.1, 0.15) is 18.2 Å². The molecule has 2 aromatic heterocycles. The molecule has 0 amide bonds. The van der Waals surface area contributed by atoms with Gasteiger partial charge in [0.15, 0.2) is 5.65 Å². The molecule has 4 heteroatoms. The highest BCUT2D eigenvalue weighted by Crippen LogP contribution is 2.19. The summed E-state index contributed by atoms with van der Waals surface area (Å²) in [5, 5.41) is 3.07. The first-order valence-electron chi connectivity index (χ1n) is 6.37. The normalized spacial score (nSPS) is 11.1. The molecule has 0 radical (unpaired) electrons. The lowest BCUT2D eigenvalue weighted by Crippen LogP contribution is -2.19. The van der Waals surface area contributed by atoms with Gasteiger partial charge < -0.3 is 0 Å². The Morgan fingerprint density at radius 1 is 1.26 bits per heavy atom. The zero-order valence-corrected chi connectivity index (χ0v) is 11.0. The van der Waals surface area contributed by atoms with Crippen molar-refractivity contribution in [3.8, 4) is 11.3 Å². The number of aromatic nitrogens is 3. The Morgan fingerprint density at radius 3 is 2.68 bits per heavy atom.